The van der Waals surface area contributed by atoms with Crippen LogP contribution in [0.25, 0.3) is 11.2 Å². The van der Waals surface area contributed by atoms with Crippen molar-refractivity contribution in [3.05, 3.63) is 12.7 Å². The molecule has 3 rings (SSSR count). The first-order valence-electron chi connectivity index (χ1n) is 4.98. The topological polar surface area (TPSA) is 99.1 Å². The van der Waals surface area contributed by atoms with Crippen LogP contribution in [0.1, 0.15) is 12.6 Å². The molecule has 1 fully saturated rings. The van der Waals surface area contributed by atoms with Gasteiger partial charge in [0.1, 0.15) is 18.1 Å². The van der Waals surface area contributed by atoms with Gasteiger partial charge >= 0.3 is 0 Å². The van der Waals surface area contributed by atoms with E-state index in [0.29, 0.717) is 30.0 Å². The maximum Gasteiger partial charge on any atom is 0.167 e. The zero-order chi connectivity index (χ0) is 11.1. The van der Waals surface area contributed by atoms with Gasteiger partial charge in [-0.15, -0.1) is 0 Å². The summed E-state index contributed by atoms with van der Waals surface area (Å²) < 4.78 is 7.20. The van der Waals surface area contributed by atoms with Crippen molar-refractivity contribution in [2.24, 2.45) is 0 Å². The number of aliphatic hydroxyl groups is 1. The highest BCUT2D eigenvalue weighted by Crippen LogP contribution is 2.27. The number of hydrogen-bond donors (Lipinski definition) is 2. The van der Waals surface area contributed by atoms with Crippen LogP contribution in [-0.2, 0) is 4.74 Å². The molecule has 86 valence electrons. The van der Waals surface area contributed by atoms with Crippen molar-refractivity contribution in [1.29, 1.82) is 0 Å². The summed E-state index contributed by atoms with van der Waals surface area (Å²) in [5.41, 5.74) is 6.87. The molecule has 2 aromatic heterocycles. The second kappa shape index (κ2) is 4.73. The van der Waals surface area contributed by atoms with Gasteiger partial charge in [0.15, 0.2) is 11.5 Å². The maximum absolute atomic E-state index is 9.41. The fraction of sp³-hybridized carbons (Fsp3) is 0.444. The predicted octanol–water partition coefficient (Wildman–Crippen LogP) is -0.693. The number of ether oxygens (including phenoxy) is 1. The highest BCUT2D eigenvalue weighted by molar-refractivity contribution is 5.81. The first-order valence-corrected chi connectivity index (χ1v) is 4.98. The van der Waals surface area contributed by atoms with Crippen molar-refractivity contribution in [2.75, 3.05) is 12.3 Å². The first-order chi connectivity index (χ1) is 7.75. The minimum absolute atomic E-state index is 0. The number of rotatable bonds is 1. The highest BCUT2D eigenvalue weighted by Gasteiger charge is 2.26. The van der Waals surface area contributed by atoms with Crippen LogP contribution < -0.4 is 5.73 Å². The van der Waals surface area contributed by atoms with E-state index in [0.717, 1.165) is 0 Å². The van der Waals surface area contributed by atoms with E-state index in [-0.39, 0.29) is 29.3 Å². The molecule has 7 nitrogen and oxygen atoms in total. The zero-order valence-electron chi connectivity index (χ0n) is 9.15. The van der Waals surface area contributed by atoms with Gasteiger partial charge in [0.25, 0.3) is 0 Å². The molecule has 17 heavy (non-hydrogen) atoms. The first kappa shape index (κ1) is 12.5. The lowest BCUT2D eigenvalue weighted by molar-refractivity contribution is 0.0502. The minimum atomic E-state index is -0.429. The van der Waals surface area contributed by atoms with Gasteiger partial charge in [-0.3, -0.25) is 4.57 Å². The van der Waals surface area contributed by atoms with Crippen molar-refractivity contribution < 1.29 is 9.84 Å². The van der Waals surface area contributed by atoms with Crippen LogP contribution in [0, 0.1) is 0 Å². The summed E-state index contributed by atoms with van der Waals surface area (Å²) in [5.74, 6) is 0.349. The number of hydrogen-bond acceptors (Lipinski definition) is 6. The number of anilines is 1. The summed E-state index contributed by atoms with van der Waals surface area (Å²) in [7, 11) is 0. The Balaban J connectivity index is 0.00000108. The summed E-state index contributed by atoms with van der Waals surface area (Å²) in [6.45, 7) is 0.338. The van der Waals surface area contributed by atoms with E-state index in [1.165, 1.54) is 6.33 Å². The van der Waals surface area contributed by atoms with Crippen LogP contribution >= 0.6 is 0 Å². The largest absolute Gasteiger partial charge is 0.391 e. The lowest BCUT2D eigenvalue weighted by Crippen LogP contribution is -2.08. The normalized spacial score (nSPS) is 23.8. The molecule has 0 aliphatic carbocycles. The molecule has 0 unspecified atom stereocenters. The van der Waals surface area contributed by atoms with Crippen LogP contribution in [0.3, 0.4) is 0 Å². The standard InChI is InChI=1S/C9H11N5O2.Mg/c10-8-7-9(12-3-11-8)14(4-13-7)6-1-5(15)2-16-6;/h3-6,15H,1-2H2,(H2,10,11,12);/t5-,6+;/m0./s1. The minimum Gasteiger partial charge on any atom is -0.391 e. The molecule has 2 atom stereocenters. The third-order valence-electron chi connectivity index (χ3n) is 2.65. The number of aromatic nitrogens is 4. The molecule has 3 heterocycles. The maximum atomic E-state index is 9.41. The van der Waals surface area contributed by atoms with E-state index in [2.05, 4.69) is 15.0 Å². The number of aliphatic hydroxyl groups excluding tert-OH is 1. The number of nitrogen functional groups attached to an aromatic ring is 1. The molecule has 0 spiro atoms. The molecular formula is C9H11MgN5O2. The smallest absolute Gasteiger partial charge is 0.167 e. The number of nitrogens with zero attached hydrogens (tertiary/aromatic N) is 4. The Labute approximate surface area is 113 Å². The van der Waals surface area contributed by atoms with Gasteiger partial charge in [-0.25, -0.2) is 15.0 Å². The van der Waals surface area contributed by atoms with E-state index >= 15 is 0 Å². The van der Waals surface area contributed by atoms with Crippen LogP contribution in [0.4, 0.5) is 5.82 Å². The van der Waals surface area contributed by atoms with Gasteiger partial charge in [0.05, 0.1) is 19.0 Å². The number of fused-ring (bicyclic) bond motifs is 1. The quantitative estimate of drug-likeness (QED) is 0.645. The Morgan fingerprint density at radius 2 is 2.24 bits per heavy atom. The van der Waals surface area contributed by atoms with Crippen LogP contribution in [0.5, 0.6) is 0 Å². The molecule has 2 aromatic rings. The summed E-state index contributed by atoms with van der Waals surface area (Å²) in [6, 6.07) is 0. The monoisotopic (exact) mass is 245 g/mol. The van der Waals surface area contributed by atoms with Gasteiger partial charge in [-0.05, 0) is 0 Å². The molecule has 3 N–H and O–H groups in total. The van der Waals surface area contributed by atoms with E-state index in [1.807, 2.05) is 0 Å². The van der Waals surface area contributed by atoms with E-state index in [4.69, 9.17) is 10.5 Å². The Hall–Kier alpha value is -0.964. The average Bonchev–Trinajstić information content (AvgIpc) is 2.84. The third kappa shape index (κ3) is 2.08. The molecule has 0 saturated carbocycles. The van der Waals surface area contributed by atoms with Gasteiger partial charge < -0.3 is 15.6 Å². The van der Waals surface area contributed by atoms with E-state index in [1.54, 1.807) is 10.9 Å². The van der Waals surface area contributed by atoms with Crippen molar-refractivity contribution in [3.8, 4) is 0 Å². The molecule has 2 radical (unpaired) electrons. The molecule has 1 aliphatic heterocycles. The lowest BCUT2D eigenvalue weighted by atomic mass is 10.3. The van der Waals surface area contributed by atoms with Crippen LogP contribution in [0.2, 0.25) is 0 Å². The fourth-order valence-electron chi connectivity index (χ4n) is 1.87. The number of nitrogens with two attached hydrogens (primary N) is 1. The second-order valence-corrected chi connectivity index (χ2v) is 3.76. The van der Waals surface area contributed by atoms with Crippen molar-refractivity contribution in [1.82, 2.24) is 19.5 Å². The van der Waals surface area contributed by atoms with Gasteiger partial charge in [0.2, 0.25) is 0 Å². The summed E-state index contributed by atoms with van der Waals surface area (Å²) >= 11 is 0. The van der Waals surface area contributed by atoms with Crippen molar-refractivity contribution in [3.63, 3.8) is 0 Å². The van der Waals surface area contributed by atoms with Gasteiger partial charge in [-0.2, -0.15) is 0 Å². The van der Waals surface area contributed by atoms with E-state index < -0.39 is 6.10 Å². The van der Waals surface area contributed by atoms with Crippen LogP contribution in [-0.4, -0.2) is 60.4 Å². The third-order valence-corrected chi connectivity index (χ3v) is 2.65. The second-order valence-electron chi connectivity index (χ2n) is 3.76. The Morgan fingerprint density at radius 3 is 2.94 bits per heavy atom. The summed E-state index contributed by atoms with van der Waals surface area (Å²) in [5, 5.41) is 9.41. The highest BCUT2D eigenvalue weighted by atomic mass is 24.3. The summed E-state index contributed by atoms with van der Waals surface area (Å²) in [4.78, 5) is 12.1. The van der Waals surface area contributed by atoms with E-state index in [9.17, 15) is 5.11 Å². The average molecular weight is 246 g/mol. The molecule has 0 bridgehead atoms. The molecule has 0 aromatic carbocycles. The Morgan fingerprint density at radius 1 is 1.41 bits per heavy atom. The molecule has 0 amide bonds. The molecule has 1 saturated heterocycles. The number of imidazole rings is 1. The SMILES string of the molecule is Nc1ncnc2c1ncn2[C@H]1C[C@H](O)CO1.[Mg]. The molecule has 8 heteroatoms. The fourth-order valence-corrected chi connectivity index (χ4v) is 1.87. The predicted molar refractivity (Wildman–Crippen MR) is 61.1 cm³/mol. The summed E-state index contributed by atoms with van der Waals surface area (Å²) in [6.07, 6.45) is 2.88. The zero-order valence-corrected chi connectivity index (χ0v) is 10.6. The van der Waals surface area contributed by atoms with Gasteiger partial charge in [0, 0.05) is 29.5 Å². The van der Waals surface area contributed by atoms with Gasteiger partial charge in [-0.1, -0.05) is 0 Å². The lowest BCUT2D eigenvalue weighted by Gasteiger charge is -2.10. The van der Waals surface area contributed by atoms with Crippen LogP contribution in [0.15, 0.2) is 12.7 Å². The van der Waals surface area contributed by atoms with Crippen molar-refractivity contribution in [2.45, 2.75) is 18.8 Å². The Bertz CT molecular complexity index is 531. The Kier molecular flexibility index (Phi) is 3.47. The van der Waals surface area contributed by atoms with Crippen molar-refractivity contribution >= 4 is 40.0 Å². The molecule has 1 aliphatic rings. The molecular weight excluding hydrogens is 234 g/mol.